The highest BCUT2D eigenvalue weighted by molar-refractivity contribution is 6.35. The first-order valence-corrected chi connectivity index (χ1v) is 8.21. The standard InChI is InChI=1S/C18H20Cl2N2O/c1-11-6-4-5-7-17(11)22-18(23)13(3)21-12(2)15-9-8-14(19)10-16(15)20/h4-10,12-13,21H,1-3H3,(H,22,23). The summed E-state index contributed by atoms with van der Waals surface area (Å²) in [6, 6.07) is 12.6. The van der Waals surface area contributed by atoms with E-state index in [2.05, 4.69) is 10.6 Å². The lowest BCUT2D eigenvalue weighted by molar-refractivity contribution is -0.117. The number of carbonyl (C=O) groups excluding carboxylic acids is 1. The minimum Gasteiger partial charge on any atom is -0.324 e. The van der Waals surface area contributed by atoms with E-state index in [0.717, 1.165) is 16.8 Å². The van der Waals surface area contributed by atoms with Gasteiger partial charge in [0.15, 0.2) is 0 Å². The Hall–Kier alpha value is -1.55. The van der Waals surface area contributed by atoms with Crippen LogP contribution in [0.2, 0.25) is 10.0 Å². The van der Waals surface area contributed by atoms with Crippen molar-refractivity contribution in [1.29, 1.82) is 0 Å². The van der Waals surface area contributed by atoms with Crippen molar-refractivity contribution in [3.05, 3.63) is 63.6 Å². The molecule has 2 atom stereocenters. The lowest BCUT2D eigenvalue weighted by Gasteiger charge is -2.21. The molecule has 5 heteroatoms. The van der Waals surface area contributed by atoms with Gasteiger partial charge in [-0.3, -0.25) is 10.1 Å². The molecule has 0 aromatic heterocycles. The van der Waals surface area contributed by atoms with Gasteiger partial charge in [0.1, 0.15) is 0 Å². The molecule has 0 heterocycles. The molecule has 0 fully saturated rings. The molecule has 2 rings (SSSR count). The Morgan fingerprint density at radius 1 is 1.09 bits per heavy atom. The summed E-state index contributed by atoms with van der Waals surface area (Å²) in [4.78, 5) is 12.3. The predicted molar refractivity (Wildman–Crippen MR) is 97.3 cm³/mol. The van der Waals surface area contributed by atoms with Crippen molar-refractivity contribution in [3.8, 4) is 0 Å². The molecule has 1 amide bonds. The molecular weight excluding hydrogens is 331 g/mol. The Labute approximate surface area is 147 Å². The highest BCUT2D eigenvalue weighted by Gasteiger charge is 2.18. The zero-order valence-corrected chi connectivity index (χ0v) is 14.9. The summed E-state index contributed by atoms with van der Waals surface area (Å²) in [7, 11) is 0. The number of benzene rings is 2. The van der Waals surface area contributed by atoms with Crippen molar-refractivity contribution in [3.63, 3.8) is 0 Å². The van der Waals surface area contributed by atoms with Gasteiger partial charge in [-0.25, -0.2) is 0 Å². The Balaban J connectivity index is 2.01. The van der Waals surface area contributed by atoms with Crippen LogP contribution in [0.15, 0.2) is 42.5 Å². The largest absolute Gasteiger partial charge is 0.324 e. The zero-order valence-electron chi connectivity index (χ0n) is 13.4. The molecule has 0 aliphatic heterocycles. The van der Waals surface area contributed by atoms with Crippen LogP contribution in [0.1, 0.15) is 31.0 Å². The van der Waals surface area contributed by atoms with E-state index >= 15 is 0 Å². The fourth-order valence-corrected chi connectivity index (χ4v) is 2.92. The SMILES string of the molecule is Cc1ccccc1NC(=O)C(C)NC(C)c1ccc(Cl)cc1Cl. The zero-order chi connectivity index (χ0) is 17.0. The Morgan fingerprint density at radius 3 is 2.43 bits per heavy atom. The number of rotatable bonds is 5. The van der Waals surface area contributed by atoms with Gasteiger partial charge in [-0.05, 0) is 50.1 Å². The maximum absolute atomic E-state index is 12.3. The molecule has 0 spiro atoms. The lowest BCUT2D eigenvalue weighted by atomic mass is 10.1. The number of carbonyl (C=O) groups is 1. The first-order valence-electron chi connectivity index (χ1n) is 7.46. The summed E-state index contributed by atoms with van der Waals surface area (Å²) in [6.07, 6.45) is 0. The summed E-state index contributed by atoms with van der Waals surface area (Å²) >= 11 is 12.1. The molecule has 2 aromatic carbocycles. The van der Waals surface area contributed by atoms with Crippen molar-refractivity contribution in [2.45, 2.75) is 32.9 Å². The summed E-state index contributed by atoms with van der Waals surface area (Å²) < 4.78 is 0. The van der Waals surface area contributed by atoms with Gasteiger partial charge in [0.05, 0.1) is 6.04 Å². The normalized spacial score (nSPS) is 13.4. The number of amides is 1. The number of nitrogens with one attached hydrogen (secondary N) is 2. The van der Waals surface area contributed by atoms with Crippen LogP contribution in [0.3, 0.4) is 0 Å². The number of hydrogen-bond acceptors (Lipinski definition) is 2. The number of anilines is 1. The fourth-order valence-electron chi connectivity index (χ4n) is 2.35. The van der Waals surface area contributed by atoms with Crippen molar-refractivity contribution in [1.82, 2.24) is 5.32 Å². The molecule has 122 valence electrons. The average molecular weight is 351 g/mol. The third-order valence-electron chi connectivity index (χ3n) is 3.73. The Bertz CT molecular complexity index is 703. The molecule has 0 aliphatic carbocycles. The maximum Gasteiger partial charge on any atom is 0.241 e. The third-order valence-corrected chi connectivity index (χ3v) is 4.29. The maximum atomic E-state index is 12.3. The minimum absolute atomic E-state index is 0.0719. The van der Waals surface area contributed by atoms with Gasteiger partial charge < -0.3 is 5.32 Å². The molecule has 23 heavy (non-hydrogen) atoms. The van der Waals surface area contributed by atoms with E-state index in [9.17, 15) is 4.79 Å². The molecule has 0 saturated heterocycles. The molecule has 0 radical (unpaired) electrons. The summed E-state index contributed by atoms with van der Waals surface area (Å²) in [5, 5.41) is 7.37. The van der Waals surface area contributed by atoms with E-state index in [-0.39, 0.29) is 18.0 Å². The van der Waals surface area contributed by atoms with Crippen LogP contribution in [0.5, 0.6) is 0 Å². The van der Waals surface area contributed by atoms with Crippen LogP contribution < -0.4 is 10.6 Å². The van der Waals surface area contributed by atoms with Gasteiger partial charge in [-0.2, -0.15) is 0 Å². The monoisotopic (exact) mass is 350 g/mol. The second-order valence-electron chi connectivity index (χ2n) is 5.58. The van der Waals surface area contributed by atoms with Crippen molar-refractivity contribution in [2.75, 3.05) is 5.32 Å². The molecule has 0 aliphatic rings. The lowest BCUT2D eigenvalue weighted by Crippen LogP contribution is -2.39. The van der Waals surface area contributed by atoms with Crippen LogP contribution in [0, 0.1) is 6.92 Å². The van der Waals surface area contributed by atoms with Gasteiger partial charge >= 0.3 is 0 Å². The molecular formula is C18H20Cl2N2O. The summed E-state index contributed by atoms with van der Waals surface area (Å²) in [5.41, 5.74) is 2.76. The topological polar surface area (TPSA) is 41.1 Å². The summed E-state index contributed by atoms with van der Waals surface area (Å²) in [6.45, 7) is 5.75. The molecule has 3 nitrogen and oxygen atoms in total. The molecule has 0 saturated carbocycles. The van der Waals surface area contributed by atoms with E-state index < -0.39 is 0 Å². The second kappa shape index (κ2) is 7.82. The number of halogens is 2. The first kappa shape index (κ1) is 17.8. The van der Waals surface area contributed by atoms with Crippen LogP contribution in [-0.4, -0.2) is 11.9 Å². The number of para-hydroxylation sites is 1. The molecule has 2 N–H and O–H groups in total. The van der Waals surface area contributed by atoms with E-state index in [0.29, 0.717) is 10.0 Å². The van der Waals surface area contributed by atoms with Gasteiger partial charge in [-0.15, -0.1) is 0 Å². The fraction of sp³-hybridized carbons (Fsp3) is 0.278. The van der Waals surface area contributed by atoms with Crippen LogP contribution in [-0.2, 0) is 4.79 Å². The van der Waals surface area contributed by atoms with Crippen molar-refractivity contribution >= 4 is 34.8 Å². The summed E-state index contributed by atoms with van der Waals surface area (Å²) in [5.74, 6) is -0.0868. The third kappa shape index (κ3) is 4.71. The molecule has 0 bridgehead atoms. The van der Waals surface area contributed by atoms with E-state index in [4.69, 9.17) is 23.2 Å². The highest BCUT2D eigenvalue weighted by atomic mass is 35.5. The van der Waals surface area contributed by atoms with Gasteiger partial charge in [0, 0.05) is 21.8 Å². The smallest absolute Gasteiger partial charge is 0.241 e. The van der Waals surface area contributed by atoms with Gasteiger partial charge in [0.2, 0.25) is 5.91 Å². The van der Waals surface area contributed by atoms with E-state index in [1.807, 2.05) is 51.1 Å². The van der Waals surface area contributed by atoms with Crippen LogP contribution in [0.25, 0.3) is 0 Å². The predicted octanol–water partition coefficient (Wildman–Crippen LogP) is 4.98. The van der Waals surface area contributed by atoms with Crippen LogP contribution in [0.4, 0.5) is 5.69 Å². The quantitative estimate of drug-likeness (QED) is 0.798. The minimum atomic E-state index is -0.364. The molecule has 2 aromatic rings. The van der Waals surface area contributed by atoms with E-state index in [1.165, 1.54) is 0 Å². The number of hydrogen-bond donors (Lipinski definition) is 2. The van der Waals surface area contributed by atoms with E-state index in [1.54, 1.807) is 12.1 Å². The first-order chi connectivity index (χ1) is 10.9. The van der Waals surface area contributed by atoms with Crippen molar-refractivity contribution in [2.24, 2.45) is 0 Å². The number of aryl methyl sites for hydroxylation is 1. The highest BCUT2D eigenvalue weighted by Crippen LogP contribution is 2.26. The molecule has 2 unspecified atom stereocenters. The van der Waals surface area contributed by atoms with Gasteiger partial charge in [0.25, 0.3) is 0 Å². The second-order valence-corrected chi connectivity index (χ2v) is 6.42. The van der Waals surface area contributed by atoms with Crippen molar-refractivity contribution < 1.29 is 4.79 Å². The Morgan fingerprint density at radius 2 is 1.78 bits per heavy atom. The van der Waals surface area contributed by atoms with Crippen LogP contribution >= 0.6 is 23.2 Å². The van der Waals surface area contributed by atoms with Gasteiger partial charge in [-0.1, -0.05) is 47.5 Å². The Kier molecular flexibility index (Phi) is 6.05. The average Bonchev–Trinajstić information content (AvgIpc) is 2.49.